The molecule has 1 heterocycles. The molecule has 1 fully saturated rings. The summed E-state index contributed by atoms with van der Waals surface area (Å²) >= 11 is 1.59. The molecule has 4 heteroatoms. The van der Waals surface area contributed by atoms with E-state index in [1.165, 1.54) is 10.4 Å². The molecule has 2 aliphatic rings. The third-order valence-corrected chi connectivity index (χ3v) is 5.72. The molecule has 116 valence electrons. The molecular weight excluding hydrogens is 302 g/mol. The first-order valence-corrected chi connectivity index (χ1v) is 8.66. The molecule has 0 spiro atoms. The molecule has 22 heavy (non-hydrogen) atoms. The second-order valence-corrected chi connectivity index (χ2v) is 7.70. The van der Waals surface area contributed by atoms with Gasteiger partial charge in [-0.05, 0) is 61.3 Å². The summed E-state index contributed by atoms with van der Waals surface area (Å²) in [6.07, 6.45) is 4.34. The second-order valence-electron chi connectivity index (χ2n) is 6.57. The molecule has 0 saturated heterocycles. The first kappa shape index (κ1) is 14.2. The van der Waals surface area contributed by atoms with Crippen LogP contribution in [-0.2, 0) is 12.8 Å². The molecule has 1 nitrogen and oxygen atoms in total. The van der Waals surface area contributed by atoms with Gasteiger partial charge in [-0.15, -0.1) is 11.3 Å². The number of ether oxygens (including phenoxy) is 1. The first-order chi connectivity index (χ1) is 10.6. The van der Waals surface area contributed by atoms with Gasteiger partial charge in [0.2, 0.25) is 5.82 Å². The lowest BCUT2D eigenvalue weighted by Crippen LogP contribution is -2.02. The molecule has 4 rings (SSSR count). The molecule has 1 aromatic carbocycles. The summed E-state index contributed by atoms with van der Waals surface area (Å²) in [5.41, 5.74) is 1.64. The average Bonchev–Trinajstić information content (AvgIpc) is 3.14. The Bertz CT molecular complexity index is 695. The number of rotatable bonds is 4. The summed E-state index contributed by atoms with van der Waals surface area (Å²) in [5, 5.41) is 0. The van der Waals surface area contributed by atoms with Crippen LogP contribution in [0.4, 0.5) is 8.78 Å². The van der Waals surface area contributed by atoms with E-state index in [-0.39, 0.29) is 5.75 Å². The highest BCUT2D eigenvalue weighted by atomic mass is 32.1. The minimum absolute atomic E-state index is 0.0332. The van der Waals surface area contributed by atoms with E-state index in [1.54, 1.807) is 23.5 Å². The topological polar surface area (TPSA) is 9.23 Å². The van der Waals surface area contributed by atoms with Crippen LogP contribution in [-0.4, -0.2) is 6.61 Å². The van der Waals surface area contributed by atoms with Crippen molar-refractivity contribution < 1.29 is 13.5 Å². The summed E-state index contributed by atoms with van der Waals surface area (Å²) in [6, 6.07) is 5.22. The van der Waals surface area contributed by atoms with E-state index in [2.05, 4.69) is 6.92 Å². The summed E-state index contributed by atoms with van der Waals surface area (Å²) in [7, 11) is 0. The van der Waals surface area contributed by atoms with E-state index in [1.807, 2.05) is 6.07 Å². The van der Waals surface area contributed by atoms with Crippen LogP contribution < -0.4 is 4.74 Å². The van der Waals surface area contributed by atoms with Gasteiger partial charge in [0.1, 0.15) is 0 Å². The van der Waals surface area contributed by atoms with Crippen LogP contribution in [0.5, 0.6) is 5.75 Å². The normalized spacial score (nSPS) is 20.2. The van der Waals surface area contributed by atoms with Gasteiger partial charge in [0, 0.05) is 15.3 Å². The molecule has 0 bridgehead atoms. The molecule has 0 N–H and O–H groups in total. The van der Waals surface area contributed by atoms with E-state index in [4.69, 9.17) is 4.74 Å². The Morgan fingerprint density at radius 1 is 1.18 bits per heavy atom. The Balaban J connectivity index is 1.61. The van der Waals surface area contributed by atoms with Gasteiger partial charge < -0.3 is 4.74 Å². The van der Waals surface area contributed by atoms with Crippen LogP contribution in [0.15, 0.2) is 18.2 Å². The fourth-order valence-corrected chi connectivity index (χ4v) is 4.41. The standard InChI is InChI=1S/C18H18F2OS/c1-10-6-12-8-16(22-15(12)7-10)13-4-5-14(18(20)17(13)19)21-9-11-2-3-11/h4-5,8,10-11H,2-3,6-7,9H2,1H3. The van der Waals surface area contributed by atoms with Crippen LogP contribution in [0.3, 0.4) is 0 Å². The maximum atomic E-state index is 14.4. The first-order valence-electron chi connectivity index (χ1n) is 7.84. The lowest BCUT2D eigenvalue weighted by atomic mass is 10.1. The van der Waals surface area contributed by atoms with Gasteiger partial charge in [-0.25, -0.2) is 4.39 Å². The predicted molar refractivity (Wildman–Crippen MR) is 84.5 cm³/mol. The third-order valence-electron chi connectivity index (χ3n) is 4.48. The van der Waals surface area contributed by atoms with E-state index in [0.717, 1.165) is 30.6 Å². The van der Waals surface area contributed by atoms with Crippen LogP contribution in [0.2, 0.25) is 0 Å². The van der Waals surface area contributed by atoms with Gasteiger partial charge in [-0.1, -0.05) is 6.92 Å². The zero-order chi connectivity index (χ0) is 15.3. The highest BCUT2D eigenvalue weighted by Gasteiger charge is 2.25. The minimum Gasteiger partial charge on any atom is -0.490 e. The average molecular weight is 320 g/mol. The molecular formula is C18H18F2OS. The fourth-order valence-electron chi connectivity index (χ4n) is 3.03. The van der Waals surface area contributed by atoms with E-state index < -0.39 is 11.6 Å². The van der Waals surface area contributed by atoms with Gasteiger partial charge in [-0.2, -0.15) is 4.39 Å². The zero-order valence-corrected chi connectivity index (χ0v) is 13.3. The smallest absolute Gasteiger partial charge is 0.201 e. The van der Waals surface area contributed by atoms with Crippen molar-refractivity contribution in [2.75, 3.05) is 6.61 Å². The third kappa shape index (κ3) is 2.54. The highest BCUT2D eigenvalue weighted by molar-refractivity contribution is 7.15. The Morgan fingerprint density at radius 2 is 2.00 bits per heavy atom. The quantitative estimate of drug-likeness (QED) is 0.751. The van der Waals surface area contributed by atoms with Crippen molar-refractivity contribution in [2.45, 2.75) is 32.6 Å². The Labute approximate surface area is 132 Å². The Morgan fingerprint density at radius 3 is 2.73 bits per heavy atom. The SMILES string of the molecule is CC1Cc2cc(-c3ccc(OCC4CC4)c(F)c3F)sc2C1. The molecule has 2 aliphatic carbocycles. The Hall–Kier alpha value is -1.42. The maximum Gasteiger partial charge on any atom is 0.201 e. The van der Waals surface area contributed by atoms with Crippen molar-refractivity contribution in [3.63, 3.8) is 0 Å². The van der Waals surface area contributed by atoms with Crippen molar-refractivity contribution in [3.8, 4) is 16.2 Å². The summed E-state index contributed by atoms with van der Waals surface area (Å²) < 4.78 is 34.0. The van der Waals surface area contributed by atoms with Crippen LogP contribution in [0, 0.1) is 23.5 Å². The number of halogens is 2. The van der Waals surface area contributed by atoms with Crippen LogP contribution in [0.25, 0.3) is 10.4 Å². The molecule has 0 amide bonds. The highest BCUT2D eigenvalue weighted by Crippen LogP contribution is 2.40. The number of thiophene rings is 1. The van der Waals surface area contributed by atoms with Crippen molar-refractivity contribution in [1.82, 2.24) is 0 Å². The number of hydrogen-bond donors (Lipinski definition) is 0. The summed E-state index contributed by atoms with van der Waals surface area (Å²) in [6.45, 7) is 2.71. The number of benzene rings is 1. The fraction of sp³-hybridized carbons (Fsp3) is 0.444. The molecule has 0 aliphatic heterocycles. The van der Waals surface area contributed by atoms with E-state index >= 15 is 0 Å². The number of hydrogen-bond acceptors (Lipinski definition) is 2. The molecule has 1 saturated carbocycles. The van der Waals surface area contributed by atoms with Gasteiger partial charge in [0.25, 0.3) is 0 Å². The minimum atomic E-state index is -0.861. The largest absolute Gasteiger partial charge is 0.490 e. The monoisotopic (exact) mass is 320 g/mol. The Kier molecular flexibility index (Phi) is 3.44. The van der Waals surface area contributed by atoms with Gasteiger partial charge >= 0.3 is 0 Å². The molecule has 1 aromatic heterocycles. The van der Waals surface area contributed by atoms with Crippen molar-refractivity contribution in [1.29, 1.82) is 0 Å². The van der Waals surface area contributed by atoms with Crippen LogP contribution >= 0.6 is 11.3 Å². The second kappa shape index (κ2) is 5.34. The van der Waals surface area contributed by atoms with Crippen LogP contribution in [0.1, 0.15) is 30.2 Å². The molecule has 1 unspecified atom stereocenters. The van der Waals surface area contributed by atoms with Crippen molar-refractivity contribution in [3.05, 3.63) is 40.3 Å². The predicted octanol–water partition coefficient (Wildman–Crippen LogP) is 5.22. The van der Waals surface area contributed by atoms with Gasteiger partial charge in [0.15, 0.2) is 11.6 Å². The molecule has 0 radical (unpaired) electrons. The van der Waals surface area contributed by atoms with Gasteiger partial charge in [-0.3, -0.25) is 0 Å². The lowest BCUT2D eigenvalue weighted by Gasteiger charge is -2.09. The lowest BCUT2D eigenvalue weighted by molar-refractivity contribution is 0.280. The zero-order valence-electron chi connectivity index (χ0n) is 12.5. The van der Waals surface area contributed by atoms with E-state index in [9.17, 15) is 8.78 Å². The maximum absolute atomic E-state index is 14.4. The van der Waals surface area contributed by atoms with Gasteiger partial charge in [0.05, 0.1) is 6.61 Å². The number of fused-ring (bicyclic) bond motifs is 1. The van der Waals surface area contributed by atoms with Crippen molar-refractivity contribution in [2.24, 2.45) is 11.8 Å². The summed E-state index contributed by atoms with van der Waals surface area (Å²) in [5.74, 6) is -0.438. The van der Waals surface area contributed by atoms with Crippen molar-refractivity contribution >= 4 is 11.3 Å². The molecule has 2 aromatic rings. The molecule has 1 atom stereocenters. The van der Waals surface area contributed by atoms with E-state index in [0.29, 0.717) is 24.0 Å². The summed E-state index contributed by atoms with van der Waals surface area (Å²) in [4.78, 5) is 2.14.